The molecule has 0 saturated heterocycles. The molecule has 1 aromatic carbocycles. The molecule has 1 N–H and O–H groups in total. The molecule has 0 fully saturated rings. The van der Waals surface area contributed by atoms with Crippen LogP contribution >= 0.6 is 0 Å². The summed E-state index contributed by atoms with van der Waals surface area (Å²) in [4.78, 5) is 11.0. The minimum Gasteiger partial charge on any atom is -0.478 e. The van der Waals surface area contributed by atoms with Crippen LogP contribution in [0.15, 0.2) is 23.1 Å². The highest BCUT2D eigenvalue weighted by molar-refractivity contribution is 7.91. The number of carboxylic acids is 1. The van der Waals surface area contributed by atoms with E-state index in [4.69, 9.17) is 9.84 Å². The van der Waals surface area contributed by atoms with E-state index in [2.05, 4.69) is 0 Å². The van der Waals surface area contributed by atoms with Crippen LogP contribution in [0.3, 0.4) is 0 Å². The second-order valence-electron chi connectivity index (χ2n) is 5.07. The molecule has 0 amide bonds. The molecule has 0 radical (unpaired) electrons. The third-order valence-corrected chi connectivity index (χ3v) is 4.42. The lowest BCUT2D eigenvalue weighted by molar-refractivity contribution is 0.0696. The maximum absolute atomic E-state index is 12.1. The van der Waals surface area contributed by atoms with Gasteiger partial charge in [0, 0.05) is 6.61 Å². The summed E-state index contributed by atoms with van der Waals surface area (Å²) in [6, 6.07) is 4.14. The summed E-state index contributed by atoms with van der Waals surface area (Å²) < 4.78 is 29.4. The highest BCUT2D eigenvalue weighted by Gasteiger charge is 2.17. The van der Waals surface area contributed by atoms with E-state index in [1.54, 1.807) is 6.92 Å². The number of hydrogen-bond donors (Lipinski definition) is 1. The van der Waals surface area contributed by atoms with Crippen molar-refractivity contribution in [3.05, 3.63) is 29.3 Å². The zero-order valence-corrected chi connectivity index (χ0v) is 12.7. The fourth-order valence-corrected chi connectivity index (χ4v) is 2.78. The van der Waals surface area contributed by atoms with Crippen molar-refractivity contribution in [2.75, 3.05) is 19.0 Å². The second-order valence-corrected chi connectivity index (χ2v) is 7.18. The van der Waals surface area contributed by atoms with Gasteiger partial charge in [-0.1, -0.05) is 19.9 Å². The number of rotatable bonds is 7. The number of ether oxygens (including phenoxy) is 1. The van der Waals surface area contributed by atoms with Gasteiger partial charge in [-0.2, -0.15) is 0 Å². The number of hydrogen-bond acceptors (Lipinski definition) is 4. The van der Waals surface area contributed by atoms with E-state index in [-0.39, 0.29) is 22.8 Å². The zero-order chi connectivity index (χ0) is 15.3. The van der Waals surface area contributed by atoms with Crippen molar-refractivity contribution in [3.63, 3.8) is 0 Å². The zero-order valence-electron chi connectivity index (χ0n) is 11.9. The number of carboxylic acid groups (broad SMARTS) is 1. The van der Waals surface area contributed by atoms with Gasteiger partial charge in [-0.05, 0) is 30.5 Å². The summed E-state index contributed by atoms with van der Waals surface area (Å²) in [7, 11) is -3.52. The molecule has 112 valence electrons. The molecule has 0 bridgehead atoms. The fraction of sp³-hybridized carbons (Fsp3) is 0.500. The minimum atomic E-state index is -3.52. The first-order valence-electron chi connectivity index (χ1n) is 6.38. The first-order valence-corrected chi connectivity index (χ1v) is 8.03. The van der Waals surface area contributed by atoms with Crippen molar-refractivity contribution in [1.82, 2.24) is 0 Å². The largest absolute Gasteiger partial charge is 0.478 e. The van der Waals surface area contributed by atoms with Gasteiger partial charge in [0.05, 0.1) is 22.8 Å². The Labute approximate surface area is 119 Å². The molecule has 0 unspecified atom stereocenters. The molecular formula is C14H20O5S. The Bertz CT molecular complexity index is 575. The molecule has 0 heterocycles. The third kappa shape index (κ3) is 4.61. The highest BCUT2D eigenvalue weighted by atomic mass is 32.2. The van der Waals surface area contributed by atoms with E-state index < -0.39 is 15.8 Å². The van der Waals surface area contributed by atoms with Gasteiger partial charge in [-0.15, -0.1) is 0 Å². The molecule has 0 aliphatic carbocycles. The quantitative estimate of drug-likeness (QED) is 0.780. The first-order chi connectivity index (χ1) is 9.24. The molecule has 20 heavy (non-hydrogen) atoms. The van der Waals surface area contributed by atoms with Crippen molar-refractivity contribution in [1.29, 1.82) is 0 Å². The maximum Gasteiger partial charge on any atom is 0.335 e. The number of carbonyl (C=O) groups is 1. The summed E-state index contributed by atoms with van der Waals surface area (Å²) >= 11 is 0. The number of aryl methyl sites for hydroxylation is 1. The van der Waals surface area contributed by atoms with Crippen LogP contribution in [0.4, 0.5) is 0 Å². The monoisotopic (exact) mass is 300 g/mol. The Morgan fingerprint density at radius 2 is 2.00 bits per heavy atom. The Kier molecular flexibility index (Phi) is 5.71. The second kappa shape index (κ2) is 6.85. The van der Waals surface area contributed by atoms with Gasteiger partial charge in [0.25, 0.3) is 0 Å². The number of benzene rings is 1. The van der Waals surface area contributed by atoms with Crippen LogP contribution in [-0.2, 0) is 14.6 Å². The topological polar surface area (TPSA) is 80.7 Å². The van der Waals surface area contributed by atoms with Crippen LogP contribution in [0.2, 0.25) is 0 Å². The van der Waals surface area contributed by atoms with Crippen LogP contribution in [-0.4, -0.2) is 38.5 Å². The summed E-state index contributed by atoms with van der Waals surface area (Å²) in [5.41, 5.74) is 0.543. The highest BCUT2D eigenvalue weighted by Crippen LogP contribution is 2.17. The Morgan fingerprint density at radius 3 is 2.55 bits per heavy atom. The molecular weight excluding hydrogens is 280 g/mol. The van der Waals surface area contributed by atoms with Gasteiger partial charge >= 0.3 is 5.97 Å². The third-order valence-electron chi connectivity index (χ3n) is 2.75. The van der Waals surface area contributed by atoms with E-state index in [1.165, 1.54) is 18.2 Å². The summed E-state index contributed by atoms with van der Waals surface area (Å²) in [5.74, 6) is -0.937. The average molecular weight is 300 g/mol. The van der Waals surface area contributed by atoms with Gasteiger partial charge in [0.1, 0.15) is 0 Å². The molecule has 5 nitrogen and oxygen atoms in total. The lowest BCUT2D eigenvalue weighted by Gasteiger charge is -2.09. The van der Waals surface area contributed by atoms with E-state index in [0.717, 1.165) is 0 Å². The predicted octanol–water partition coefficient (Wildman–Crippen LogP) is 2.14. The average Bonchev–Trinajstić information content (AvgIpc) is 2.34. The Morgan fingerprint density at radius 1 is 1.35 bits per heavy atom. The minimum absolute atomic E-state index is 0.00849. The lowest BCUT2D eigenvalue weighted by atomic mass is 10.1. The molecule has 0 atom stereocenters. The van der Waals surface area contributed by atoms with Gasteiger partial charge < -0.3 is 9.84 Å². The van der Waals surface area contributed by atoms with Crippen molar-refractivity contribution in [2.45, 2.75) is 25.7 Å². The lowest BCUT2D eigenvalue weighted by Crippen LogP contribution is -2.15. The van der Waals surface area contributed by atoms with E-state index >= 15 is 0 Å². The Hall–Kier alpha value is -1.40. The summed E-state index contributed by atoms with van der Waals surface area (Å²) in [5, 5.41) is 9.01. The summed E-state index contributed by atoms with van der Waals surface area (Å²) in [6.45, 7) is 6.20. The molecule has 1 aromatic rings. The van der Waals surface area contributed by atoms with Crippen LogP contribution in [0.1, 0.15) is 29.8 Å². The van der Waals surface area contributed by atoms with Crippen molar-refractivity contribution in [3.8, 4) is 0 Å². The predicted molar refractivity (Wildman–Crippen MR) is 75.8 cm³/mol. The molecule has 6 heteroatoms. The number of sulfone groups is 1. The van der Waals surface area contributed by atoms with E-state index in [1.807, 2.05) is 13.8 Å². The maximum atomic E-state index is 12.1. The van der Waals surface area contributed by atoms with Crippen LogP contribution < -0.4 is 0 Å². The van der Waals surface area contributed by atoms with Crippen molar-refractivity contribution < 1.29 is 23.1 Å². The van der Waals surface area contributed by atoms with E-state index in [9.17, 15) is 13.2 Å². The normalized spacial score (nSPS) is 11.8. The van der Waals surface area contributed by atoms with Crippen molar-refractivity contribution >= 4 is 15.8 Å². The SMILES string of the molecule is Cc1ccc(S(=O)(=O)CCOCC(C)C)cc1C(=O)O. The number of aromatic carboxylic acids is 1. The fourth-order valence-electron chi connectivity index (χ4n) is 1.63. The molecule has 0 spiro atoms. The molecule has 0 aromatic heterocycles. The first kappa shape index (κ1) is 16.7. The Balaban J connectivity index is 2.82. The van der Waals surface area contributed by atoms with Gasteiger partial charge in [0.15, 0.2) is 9.84 Å². The van der Waals surface area contributed by atoms with Crippen molar-refractivity contribution in [2.24, 2.45) is 5.92 Å². The summed E-state index contributed by atoms with van der Waals surface area (Å²) in [6.07, 6.45) is 0. The van der Waals surface area contributed by atoms with E-state index in [0.29, 0.717) is 18.1 Å². The molecule has 1 rings (SSSR count). The van der Waals surface area contributed by atoms with Crippen LogP contribution in [0.25, 0.3) is 0 Å². The molecule has 0 aliphatic rings. The smallest absolute Gasteiger partial charge is 0.335 e. The van der Waals surface area contributed by atoms with Gasteiger partial charge in [-0.3, -0.25) is 0 Å². The van der Waals surface area contributed by atoms with Gasteiger partial charge in [0.2, 0.25) is 0 Å². The van der Waals surface area contributed by atoms with Gasteiger partial charge in [-0.25, -0.2) is 13.2 Å². The molecule has 0 aliphatic heterocycles. The molecule has 0 saturated carbocycles. The van der Waals surface area contributed by atoms with Crippen LogP contribution in [0.5, 0.6) is 0 Å². The van der Waals surface area contributed by atoms with Crippen LogP contribution in [0, 0.1) is 12.8 Å². The standard InChI is InChI=1S/C14H20O5S/c1-10(2)9-19-6-7-20(17,18)12-5-4-11(3)13(8-12)14(15)16/h4-5,8,10H,6-7,9H2,1-3H3,(H,15,16).